The lowest BCUT2D eigenvalue weighted by atomic mass is 10.1. The summed E-state index contributed by atoms with van der Waals surface area (Å²) in [6.45, 7) is 2.27. The van der Waals surface area contributed by atoms with Gasteiger partial charge in [0.1, 0.15) is 5.69 Å². The van der Waals surface area contributed by atoms with E-state index in [4.69, 9.17) is 9.47 Å². The molecule has 0 saturated carbocycles. The number of hydrogen-bond acceptors (Lipinski definition) is 6. The van der Waals surface area contributed by atoms with Crippen molar-refractivity contribution < 1.29 is 14.3 Å². The number of methoxy groups -OCH3 is 2. The predicted molar refractivity (Wildman–Crippen MR) is 98.9 cm³/mol. The van der Waals surface area contributed by atoms with Crippen LogP contribution in [0.15, 0.2) is 30.5 Å². The summed E-state index contributed by atoms with van der Waals surface area (Å²) in [5.74, 6) is 1.86. The molecule has 138 valence electrons. The van der Waals surface area contributed by atoms with Gasteiger partial charge < -0.3 is 19.7 Å². The topological polar surface area (TPSA) is 76.6 Å². The van der Waals surface area contributed by atoms with E-state index in [-0.39, 0.29) is 5.91 Å². The highest BCUT2D eigenvalue weighted by Gasteiger charge is 2.20. The van der Waals surface area contributed by atoms with Crippen molar-refractivity contribution in [3.05, 3.63) is 41.7 Å². The number of amides is 1. The van der Waals surface area contributed by atoms with Gasteiger partial charge in [-0.1, -0.05) is 6.07 Å². The van der Waals surface area contributed by atoms with Crippen LogP contribution in [0.5, 0.6) is 11.5 Å². The summed E-state index contributed by atoms with van der Waals surface area (Å²) in [6, 6.07) is 7.51. The van der Waals surface area contributed by atoms with Crippen molar-refractivity contribution in [1.82, 2.24) is 14.9 Å². The zero-order valence-electron chi connectivity index (χ0n) is 15.2. The maximum atomic E-state index is 12.4. The van der Waals surface area contributed by atoms with Gasteiger partial charge in [-0.05, 0) is 43.0 Å². The maximum absolute atomic E-state index is 12.4. The van der Waals surface area contributed by atoms with Crippen LogP contribution < -0.4 is 14.8 Å². The van der Waals surface area contributed by atoms with Crippen LogP contribution in [-0.4, -0.2) is 54.6 Å². The molecule has 0 radical (unpaired) electrons. The van der Waals surface area contributed by atoms with Gasteiger partial charge in [-0.3, -0.25) is 4.79 Å². The van der Waals surface area contributed by atoms with E-state index in [1.807, 2.05) is 23.1 Å². The fourth-order valence-electron chi connectivity index (χ4n) is 3.00. The second-order valence-corrected chi connectivity index (χ2v) is 6.13. The summed E-state index contributed by atoms with van der Waals surface area (Å²) in [5, 5.41) is 3.18. The number of anilines is 1. The van der Waals surface area contributed by atoms with Crippen LogP contribution in [0, 0.1) is 0 Å². The number of rotatable bonds is 7. The first-order valence-corrected chi connectivity index (χ1v) is 8.78. The Hall–Kier alpha value is -2.83. The second-order valence-electron chi connectivity index (χ2n) is 6.13. The van der Waals surface area contributed by atoms with Crippen molar-refractivity contribution in [2.24, 2.45) is 0 Å². The summed E-state index contributed by atoms with van der Waals surface area (Å²) in [7, 11) is 3.24. The molecule has 3 rings (SSSR count). The second kappa shape index (κ2) is 8.51. The molecule has 1 aromatic heterocycles. The normalized spacial score (nSPS) is 13.5. The van der Waals surface area contributed by atoms with Crippen molar-refractivity contribution in [2.45, 2.75) is 19.3 Å². The average molecular weight is 356 g/mol. The van der Waals surface area contributed by atoms with E-state index in [1.54, 1.807) is 26.5 Å². The zero-order valence-corrected chi connectivity index (χ0v) is 15.2. The number of nitrogens with one attached hydrogen (secondary N) is 1. The Bertz CT molecular complexity index is 760. The summed E-state index contributed by atoms with van der Waals surface area (Å²) in [5.41, 5.74) is 1.55. The molecule has 1 aliphatic heterocycles. The summed E-state index contributed by atoms with van der Waals surface area (Å²) in [6.07, 6.45) is 4.52. The molecule has 7 heteroatoms. The van der Waals surface area contributed by atoms with E-state index in [2.05, 4.69) is 15.3 Å². The standard InChI is InChI=1S/C19H24N4O3/c1-25-16-6-5-14(13-17(16)26-2)7-9-20-19-21-10-8-15(22-19)18(24)23-11-3-4-12-23/h5-6,8,10,13H,3-4,7,9,11-12H2,1-2H3,(H,20,21,22). The smallest absolute Gasteiger partial charge is 0.272 e. The molecule has 0 aliphatic carbocycles. The van der Waals surface area contributed by atoms with Crippen LogP contribution in [0.25, 0.3) is 0 Å². The minimum absolute atomic E-state index is 0.0205. The Morgan fingerprint density at radius 2 is 1.92 bits per heavy atom. The molecule has 0 atom stereocenters. The van der Waals surface area contributed by atoms with Gasteiger partial charge in [0.15, 0.2) is 11.5 Å². The van der Waals surface area contributed by atoms with Gasteiger partial charge in [-0.25, -0.2) is 9.97 Å². The molecule has 2 heterocycles. The van der Waals surface area contributed by atoms with Crippen LogP contribution >= 0.6 is 0 Å². The fourth-order valence-corrected chi connectivity index (χ4v) is 3.00. The summed E-state index contributed by atoms with van der Waals surface area (Å²) >= 11 is 0. The first-order valence-electron chi connectivity index (χ1n) is 8.78. The van der Waals surface area contributed by atoms with Crippen LogP contribution in [0.2, 0.25) is 0 Å². The van der Waals surface area contributed by atoms with E-state index < -0.39 is 0 Å². The highest BCUT2D eigenvalue weighted by Crippen LogP contribution is 2.27. The lowest BCUT2D eigenvalue weighted by Gasteiger charge is -2.14. The van der Waals surface area contributed by atoms with Gasteiger partial charge in [-0.15, -0.1) is 0 Å². The molecule has 2 aromatic rings. The Kier molecular flexibility index (Phi) is 5.88. The van der Waals surface area contributed by atoms with Crippen molar-refractivity contribution in [3.8, 4) is 11.5 Å². The summed E-state index contributed by atoms with van der Waals surface area (Å²) < 4.78 is 10.6. The first-order chi connectivity index (χ1) is 12.7. The number of ether oxygens (including phenoxy) is 2. The molecule has 1 N–H and O–H groups in total. The minimum atomic E-state index is -0.0205. The Morgan fingerprint density at radius 1 is 1.15 bits per heavy atom. The number of nitrogens with zero attached hydrogens (tertiary/aromatic N) is 3. The number of carbonyl (C=O) groups is 1. The molecule has 1 amide bonds. The third kappa shape index (κ3) is 4.22. The van der Waals surface area contributed by atoms with Gasteiger partial charge in [0.25, 0.3) is 5.91 Å². The Balaban J connectivity index is 1.58. The van der Waals surface area contributed by atoms with E-state index in [1.165, 1.54) is 0 Å². The zero-order chi connectivity index (χ0) is 18.4. The molecule has 1 fully saturated rings. The largest absolute Gasteiger partial charge is 0.493 e. The van der Waals surface area contributed by atoms with Gasteiger partial charge in [0.2, 0.25) is 5.95 Å². The van der Waals surface area contributed by atoms with Crippen molar-refractivity contribution in [1.29, 1.82) is 0 Å². The number of carbonyl (C=O) groups excluding carboxylic acids is 1. The quantitative estimate of drug-likeness (QED) is 0.821. The van der Waals surface area contributed by atoms with E-state index in [0.717, 1.165) is 37.9 Å². The van der Waals surface area contributed by atoms with E-state index >= 15 is 0 Å². The number of aromatic nitrogens is 2. The van der Waals surface area contributed by atoms with Gasteiger partial charge in [0.05, 0.1) is 14.2 Å². The van der Waals surface area contributed by atoms with E-state index in [0.29, 0.717) is 29.7 Å². The molecule has 0 unspecified atom stereocenters. The fraction of sp³-hybridized carbons (Fsp3) is 0.421. The number of hydrogen-bond donors (Lipinski definition) is 1. The van der Waals surface area contributed by atoms with Gasteiger partial charge in [0, 0.05) is 25.8 Å². The predicted octanol–water partition coefficient (Wildman–Crippen LogP) is 2.38. The van der Waals surface area contributed by atoms with Gasteiger partial charge >= 0.3 is 0 Å². The van der Waals surface area contributed by atoms with Crippen LogP contribution in [-0.2, 0) is 6.42 Å². The Labute approximate surface area is 153 Å². The number of benzene rings is 1. The van der Waals surface area contributed by atoms with Crippen molar-refractivity contribution in [2.75, 3.05) is 39.2 Å². The Morgan fingerprint density at radius 3 is 2.65 bits per heavy atom. The monoisotopic (exact) mass is 356 g/mol. The highest BCUT2D eigenvalue weighted by atomic mass is 16.5. The van der Waals surface area contributed by atoms with Crippen LogP contribution in [0.1, 0.15) is 28.9 Å². The van der Waals surface area contributed by atoms with Crippen molar-refractivity contribution >= 4 is 11.9 Å². The summed E-state index contributed by atoms with van der Waals surface area (Å²) in [4.78, 5) is 22.8. The molecule has 1 aromatic carbocycles. The molecule has 0 bridgehead atoms. The molecule has 0 spiro atoms. The lowest BCUT2D eigenvalue weighted by molar-refractivity contribution is 0.0787. The minimum Gasteiger partial charge on any atom is -0.493 e. The third-order valence-electron chi connectivity index (χ3n) is 4.41. The number of likely N-dealkylation sites (tertiary alicyclic amines) is 1. The lowest BCUT2D eigenvalue weighted by Crippen LogP contribution is -2.28. The third-order valence-corrected chi connectivity index (χ3v) is 4.41. The molecule has 7 nitrogen and oxygen atoms in total. The maximum Gasteiger partial charge on any atom is 0.272 e. The average Bonchev–Trinajstić information content (AvgIpc) is 3.22. The molecule has 26 heavy (non-hydrogen) atoms. The highest BCUT2D eigenvalue weighted by molar-refractivity contribution is 5.92. The molecular formula is C19H24N4O3. The van der Waals surface area contributed by atoms with Crippen LogP contribution in [0.3, 0.4) is 0 Å². The van der Waals surface area contributed by atoms with Crippen LogP contribution in [0.4, 0.5) is 5.95 Å². The van der Waals surface area contributed by atoms with Crippen molar-refractivity contribution in [3.63, 3.8) is 0 Å². The molecule has 1 saturated heterocycles. The first kappa shape index (κ1) is 18.0. The van der Waals surface area contributed by atoms with E-state index in [9.17, 15) is 4.79 Å². The SMILES string of the molecule is COc1ccc(CCNc2nccc(C(=O)N3CCCC3)n2)cc1OC. The van der Waals surface area contributed by atoms with Gasteiger partial charge in [-0.2, -0.15) is 0 Å². The molecular weight excluding hydrogens is 332 g/mol. The molecule has 1 aliphatic rings.